The summed E-state index contributed by atoms with van der Waals surface area (Å²) < 4.78 is 0. The fraction of sp³-hybridized carbons (Fsp3) is 0.474. The Morgan fingerprint density at radius 3 is 2.54 bits per heavy atom. The van der Waals surface area contributed by atoms with Crippen LogP contribution >= 0.6 is 0 Å². The van der Waals surface area contributed by atoms with Crippen molar-refractivity contribution in [2.75, 3.05) is 5.32 Å². The number of carbonyl (C=O) groups excluding carboxylic acids is 3. The van der Waals surface area contributed by atoms with Crippen LogP contribution in [-0.4, -0.2) is 29.5 Å². The molecule has 3 amide bonds. The van der Waals surface area contributed by atoms with Crippen LogP contribution in [0.25, 0.3) is 0 Å². The van der Waals surface area contributed by atoms with Gasteiger partial charge in [-0.15, -0.1) is 0 Å². The van der Waals surface area contributed by atoms with Crippen molar-refractivity contribution >= 4 is 29.1 Å². The number of anilines is 1. The Kier molecular flexibility index (Phi) is 7.32. The molecule has 1 fully saturated rings. The third-order valence-electron chi connectivity index (χ3n) is 4.22. The summed E-state index contributed by atoms with van der Waals surface area (Å²) in [5.74, 6) is -1.80. The number of benzene rings is 1. The van der Waals surface area contributed by atoms with E-state index in [0.717, 1.165) is 31.2 Å². The molecule has 1 aliphatic rings. The smallest absolute Gasteiger partial charge is 0.329 e. The van der Waals surface area contributed by atoms with E-state index in [-0.39, 0.29) is 18.4 Å². The van der Waals surface area contributed by atoms with Gasteiger partial charge in [0.25, 0.3) is 0 Å². The summed E-state index contributed by atoms with van der Waals surface area (Å²) in [6.07, 6.45) is 5.63. The van der Waals surface area contributed by atoms with E-state index in [2.05, 4.69) is 21.2 Å². The Morgan fingerprint density at radius 2 is 1.85 bits per heavy atom. The minimum absolute atomic E-state index is 0.0935. The lowest BCUT2D eigenvalue weighted by atomic mass is 9.95. The average molecular weight is 358 g/mol. The Balaban J connectivity index is 1.76. The lowest BCUT2D eigenvalue weighted by molar-refractivity contribution is -0.136. The molecule has 3 N–H and O–H groups in total. The van der Waals surface area contributed by atoms with E-state index in [4.69, 9.17) is 0 Å². The molecule has 0 unspecified atom stereocenters. The van der Waals surface area contributed by atoms with E-state index in [1.807, 2.05) is 13.0 Å². The van der Waals surface area contributed by atoms with Crippen LogP contribution in [0.5, 0.6) is 0 Å². The maximum atomic E-state index is 12.0. The molecule has 1 aromatic carbocycles. The SMILES string of the molecule is CC(CC(=O)NC1CCCCC1)=NNC(=O)C(=O)Nc1cccc(C)c1. The molecule has 0 aliphatic heterocycles. The van der Waals surface area contributed by atoms with Gasteiger partial charge in [-0.2, -0.15) is 5.10 Å². The molecule has 0 radical (unpaired) electrons. The van der Waals surface area contributed by atoms with Gasteiger partial charge in [-0.05, 0) is 44.4 Å². The van der Waals surface area contributed by atoms with Crippen molar-refractivity contribution in [2.45, 2.75) is 58.4 Å². The summed E-state index contributed by atoms with van der Waals surface area (Å²) in [5.41, 5.74) is 4.14. The zero-order valence-corrected chi connectivity index (χ0v) is 15.3. The van der Waals surface area contributed by atoms with Crippen LogP contribution in [0.3, 0.4) is 0 Å². The lowest BCUT2D eigenvalue weighted by Gasteiger charge is -2.22. The highest BCUT2D eigenvalue weighted by atomic mass is 16.2. The molecule has 0 bridgehead atoms. The molecule has 1 aliphatic carbocycles. The molecule has 0 saturated heterocycles. The molecule has 0 atom stereocenters. The Hall–Kier alpha value is -2.70. The molecule has 0 aromatic heterocycles. The van der Waals surface area contributed by atoms with Crippen LogP contribution in [0, 0.1) is 6.92 Å². The number of hydrogen-bond donors (Lipinski definition) is 3. The van der Waals surface area contributed by atoms with Crippen molar-refractivity contribution in [1.82, 2.24) is 10.7 Å². The first-order valence-electron chi connectivity index (χ1n) is 8.94. The fourth-order valence-electron chi connectivity index (χ4n) is 2.91. The van der Waals surface area contributed by atoms with E-state index in [9.17, 15) is 14.4 Å². The van der Waals surface area contributed by atoms with E-state index < -0.39 is 11.8 Å². The number of nitrogens with one attached hydrogen (secondary N) is 3. The summed E-state index contributed by atoms with van der Waals surface area (Å²) in [6, 6.07) is 7.37. The third kappa shape index (κ3) is 6.66. The normalized spacial score (nSPS) is 15.2. The van der Waals surface area contributed by atoms with Crippen LogP contribution in [0.1, 0.15) is 51.0 Å². The zero-order valence-electron chi connectivity index (χ0n) is 15.3. The van der Waals surface area contributed by atoms with Gasteiger partial charge in [0, 0.05) is 17.4 Å². The third-order valence-corrected chi connectivity index (χ3v) is 4.22. The molecule has 7 heteroatoms. The number of amides is 3. The second-order valence-electron chi connectivity index (χ2n) is 6.69. The minimum atomic E-state index is -0.876. The van der Waals surface area contributed by atoms with Gasteiger partial charge in [0.1, 0.15) is 0 Å². The predicted octanol–water partition coefficient (Wildman–Crippen LogP) is 2.26. The van der Waals surface area contributed by atoms with E-state index in [1.165, 1.54) is 6.42 Å². The molecular weight excluding hydrogens is 332 g/mol. The number of aryl methyl sites for hydroxylation is 1. The second-order valence-corrected chi connectivity index (χ2v) is 6.69. The maximum Gasteiger partial charge on any atom is 0.329 e. The molecule has 1 aromatic rings. The summed E-state index contributed by atoms with van der Waals surface area (Å²) in [6.45, 7) is 3.53. The number of hydrogen-bond acceptors (Lipinski definition) is 4. The topological polar surface area (TPSA) is 99.7 Å². The standard InChI is InChI=1S/C19H26N4O3/c1-13-7-6-10-16(11-13)21-18(25)19(26)23-22-14(2)12-17(24)20-15-8-4-3-5-9-15/h6-7,10-11,15H,3-5,8-9,12H2,1-2H3,(H,20,24)(H,21,25)(H,23,26). The Morgan fingerprint density at radius 1 is 1.12 bits per heavy atom. The van der Waals surface area contributed by atoms with Gasteiger partial charge in [0.15, 0.2) is 0 Å². The van der Waals surface area contributed by atoms with Crippen molar-refractivity contribution in [3.05, 3.63) is 29.8 Å². The van der Waals surface area contributed by atoms with Gasteiger partial charge in [-0.25, -0.2) is 5.43 Å². The van der Waals surface area contributed by atoms with Crippen molar-refractivity contribution in [3.63, 3.8) is 0 Å². The van der Waals surface area contributed by atoms with Crippen molar-refractivity contribution in [2.24, 2.45) is 5.10 Å². The summed E-state index contributed by atoms with van der Waals surface area (Å²) in [5, 5.41) is 9.32. The van der Waals surface area contributed by atoms with Crippen LogP contribution in [0.4, 0.5) is 5.69 Å². The van der Waals surface area contributed by atoms with Crippen LogP contribution < -0.4 is 16.1 Å². The molecule has 140 valence electrons. The number of rotatable bonds is 5. The van der Waals surface area contributed by atoms with Gasteiger partial charge in [0.2, 0.25) is 5.91 Å². The van der Waals surface area contributed by atoms with Gasteiger partial charge in [-0.1, -0.05) is 31.4 Å². The van der Waals surface area contributed by atoms with Crippen molar-refractivity contribution in [3.8, 4) is 0 Å². The van der Waals surface area contributed by atoms with E-state index in [1.54, 1.807) is 25.1 Å². The molecule has 2 rings (SSSR count). The van der Waals surface area contributed by atoms with Gasteiger partial charge < -0.3 is 10.6 Å². The van der Waals surface area contributed by atoms with E-state index >= 15 is 0 Å². The van der Waals surface area contributed by atoms with E-state index in [0.29, 0.717) is 11.4 Å². The molecule has 0 spiro atoms. The average Bonchev–Trinajstić information content (AvgIpc) is 2.60. The first-order chi connectivity index (χ1) is 12.4. The lowest BCUT2D eigenvalue weighted by Crippen LogP contribution is -2.37. The first kappa shape index (κ1) is 19.6. The highest BCUT2D eigenvalue weighted by Crippen LogP contribution is 2.17. The quantitative estimate of drug-likeness (QED) is 0.428. The summed E-state index contributed by atoms with van der Waals surface area (Å²) >= 11 is 0. The van der Waals surface area contributed by atoms with Gasteiger partial charge >= 0.3 is 11.8 Å². The van der Waals surface area contributed by atoms with Crippen molar-refractivity contribution < 1.29 is 14.4 Å². The van der Waals surface area contributed by atoms with Gasteiger partial charge in [0.05, 0.1) is 6.42 Å². The Labute approximate surface area is 153 Å². The number of hydrazone groups is 1. The monoisotopic (exact) mass is 358 g/mol. The molecule has 1 saturated carbocycles. The maximum absolute atomic E-state index is 12.0. The summed E-state index contributed by atoms with van der Waals surface area (Å²) in [7, 11) is 0. The zero-order chi connectivity index (χ0) is 18.9. The molecular formula is C19H26N4O3. The molecule has 26 heavy (non-hydrogen) atoms. The predicted molar refractivity (Wildman–Crippen MR) is 101 cm³/mol. The molecule has 7 nitrogen and oxygen atoms in total. The fourth-order valence-corrected chi connectivity index (χ4v) is 2.91. The van der Waals surface area contributed by atoms with Crippen molar-refractivity contribution in [1.29, 1.82) is 0 Å². The number of nitrogens with zero attached hydrogens (tertiary/aromatic N) is 1. The summed E-state index contributed by atoms with van der Waals surface area (Å²) in [4.78, 5) is 35.6. The number of carbonyl (C=O) groups is 3. The first-order valence-corrected chi connectivity index (χ1v) is 8.94. The van der Waals surface area contributed by atoms with Crippen LogP contribution in [0.2, 0.25) is 0 Å². The molecule has 0 heterocycles. The highest BCUT2D eigenvalue weighted by molar-refractivity contribution is 6.39. The van der Waals surface area contributed by atoms with Crippen LogP contribution in [-0.2, 0) is 14.4 Å². The van der Waals surface area contributed by atoms with Crippen LogP contribution in [0.15, 0.2) is 29.4 Å². The highest BCUT2D eigenvalue weighted by Gasteiger charge is 2.17. The second kappa shape index (κ2) is 9.70. The minimum Gasteiger partial charge on any atom is -0.353 e. The largest absolute Gasteiger partial charge is 0.353 e. The van der Waals surface area contributed by atoms with Gasteiger partial charge in [-0.3, -0.25) is 14.4 Å². The Bertz CT molecular complexity index is 694.